The summed E-state index contributed by atoms with van der Waals surface area (Å²) >= 11 is 0. The maximum atomic E-state index is 5.73. The molecule has 4 heteroatoms. The van der Waals surface area contributed by atoms with Crippen molar-refractivity contribution in [3.63, 3.8) is 0 Å². The van der Waals surface area contributed by atoms with Gasteiger partial charge in [-0.25, -0.2) is 0 Å². The first-order valence-electron chi connectivity index (χ1n) is 7.33. The Hall–Kier alpha value is -1.10. The fraction of sp³-hybridized carbons (Fsp3) is 0.625. The second kappa shape index (κ2) is 8.95. The van der Waals surface area contributed by atoms with Gasteiger partial charge in [-0.15, -0.1) is 0 Å². The highest BCUT2D eigenvalue weighted by Crippen LogP contribution is 2.21. The molecule has 0 amide bonds. The number of hydrogen-bond donors (Lipinski definition) is 1. The maximum absolute atomic E-state index is 5.73. The third kappa shape index (κ3) is 5.49. The van der Waals surface area contributed by atoms with Crippen molar-refractivity contribution in [2.45, 2.75) is 26.4 Å². The average molecular weight is 279 g/mol. The molecule has 1 rings (SSSR count). The third-order valence-electron chi connectivity index (χ3n) is 3.50. The molecule has 0 atom stereocenters. The van der Waals surface area contributed by atoms with Crippen LogP contribution in [0.4, 0.5) is 0 Å². The fourth-order valence-corrected chi connectivity index (χ4v) is 2.28. The first-order valence-corrected chi connectivity index (χ1v) is 7.33. The molecule has 1 aromatic carbocycles. The number of hydrogen-bond acceptors (Lipinski definition) is 4. The third-order valence-corrected chi connectivity index (χ3v) is 3.50. The van der Waals surface area contributed by atoms with Crippen LogP contribution in [-0.2, 0) is 13.1 Å². The smallest absolute Gasteiger partial charge is 0.123 e. The van der Waals surface area contributed by atoms with E-state index in [1.165, 1.54) is 12.0 Å². The first-order chi connectivity index (χ1) is 9.60. The quantitative estimate of drug-likeness (QED) is 0.750. The molecule has 0 saturated carbocycles. The van der Waals surface area contributed by atoms with E-state index in [1.54, 1.807) is 7.11 Å². The van der Waals surface area contributed by atoms with E-state index in [9.17, 15) is 0 Å². The molecule has 0 radical (unpaired) electrons. The highest BCUT2D eigenvalue weighted by Gasteiger charge is 2.09. The van der Waals surface area contributed by atoms with Gasteiger partial charge in [0.15, 0.2) is 0 Å². The molecule has 4 nitrogen and oxygen atoms in total. The minimum absolute atomic E-state index is 0.573. The van der Waals surface area contributed by atoms with E-state index in [0.717, 1.165) is 37.5 Å². The number of nitrogens with two attached hydrogens (primary N) is 1. The molecule has 114 valence electrons. The van der Waals surface area contributed by atoms with E-state index in [4.69, 9.17) is 10.5 Å². The number of methoxy groups -OCH3 is 1. The van der Waals surface area contributed by atoms with Crippen molar-refractivity contribution < 1.29 is 4.74 Å². The summed E-state index contributed by atoms with van der Waals surface area (Å²) < 4.78 is 5.46. The molecule has 0 unspecified atom stereocenters. The molecule has 0 heterocycles. The van der Waals surface area contributed by atoms with Crippen LogP contribution in [0.2, 0.25) is 0 Å². The van der Waals surface area contributed by atoms with Gasteiger partial charge in [0.25, 0.3) is 0 Å². The van der Waals surface area contributed by atoms with Gasteiger partial charge in [0.05, 0.1) is 7.11 Å². The summed E-state index contributed by atoms with van der Waals surface area (Å²) in [5, 5.41) is 0. The molecule has 2 N–H and O–H groups in total. The van der Waals surface area contributed by atoms with E-state index < -0.39 is 0 Å². The molecule has 0 aliphatic carbocycles. The summed E-state index contributed by atoms with van der Waals surface area (Å²) in [6, 6.07) is 6.21. The van der Waals surface area contributed by atoms with Crippen LogP contribution in [0.25, 0.3) is 0 Å². The minimum atomic E-state index is 0.573. The predicted octanol–water partition coefficient (Wildman–Crippen LogP) is 1.93. The summed E-state index contributed by atoms with van der Waals surface area (Å²) in [5.41, 5.74) is 8.11. The summed E-state index contributed by atoms with van der Waals surface area (Å²) in [5.74, 6) is 0.952. The zero-order valence-electron chi connectivity index (χ0n) is 13.4. The highest BCUT2D eigenvalue weighted by molar-refractivity contribution is 5.37. The van der Waals surface area contributed by atoms with Crippen LogP contribution in [0.3, 0.4) is 0 Å². The Balaban J connectivity index is 2.67. The normalized spacial score (nSPS) is 11.3. The Morgan fingerprint density at radius 3 is 2.50 bits per heavy atom. The zero-order valence-corrected chi connectivity index (χ0v) is 13.4. The lowest BCUT2D eigenvalue weighted by molar-refractivity contribution is 0.255. The van der Waals surface area contributed by atoms with E-state index in [0.29, 0.717) is 6.54 Å². The van der Waals surface area contributed by atoms with Crippen LogP contribution in [0.5, 0.6) is 5.75 Å². The largest absolute Gasteiger partial charge is 0.496 e. The molecule has 0 aliphatic heterocycles. The van der Waals surface area contributed by atoms with Crippen molar-refractivity contribution >= 4 is 0 Å². The standard InChI is InChI=1S/C16H29N3O/c1-5-19(10-6-9-18(2)3)13-15-11-14(12-17)7-8-16(15)20-4/h7-8,11H,5-6,9-10,12-13,17H2,1-4H3. The van der Waals surface area contributed by atoms with Crippen LogP contribution in [0.1, 0.15) is 24.5 Å². The summed E-state index contributed by atoms with van der Waals surface area (Å²) in [6.07, 6.45) is 1.18. The van der Waals surface area contributed by atoms with Crippen LogP contribution < -0.4 is 10.5 Å². The van der Waals surface area contributed by atoms with Gasteiger partial charge in [0.1, 0.15) is 5.75 Å². The fourth-order valence-electron chi connectivity index (χ4n) is 2.28. The number of rotatable bonds is 9. The zero-order chi connectivity index (χ0) is 15.0. The molecule has 1 aromatic rings. The van der Waals surface area contributed by atoms with Gasteiger partial charge in [-0.3, -0.25) is 4.90 Å². The highest BCUT2D eigenvalue weighted by atomic mass is 16.5. The van der Waals surface area contributed by atoms with Gasteiger partial charge < -0.3 is 15.4 Å². The topological polar surface area (TPSA) is 41.7 Å². The Kier molecular flexibility index (Phi) is 7.59. The van der Waals surface area contributed by atoms with Gasteiger partial charge in [0, 0.05) is 18.7 Å². The van der Waals surface area contributed by atoms with E-state index >= 15 is 0 Å². The number of ether oxygens (including phenoxy) is 1. The first kappa shape index (κ1) is 17.0. The van der Waals surface area contributed by atoms with Gasteiger partial charge in [-0.1, -0.05) is 13.0 Å². The maximum Gasteiger partial charge on any atom is 0.123 e. The molecular formula is C16H29N3O. The molecular weight excluding hydrogens is 250 g/mol. The predicted molar refractivity (Wildman–Crippen MR) is 85.0 cm³/mol. The van der Waals surface area contributed by atoms with Crippen LogP contribution in [0.15, 0.2) is 18.2 Å². The molecule has 0 aliphatic rings. The SMILES string of the molecule is CCN(CCCN(C)C)Cc1cc(CN)ccc1OC. The Bertz CT molecular complexity index is 393. The molecule has 0 bridgehead atoms. The molecule has 0 fully saturated rings. The number of nitrogens with zero attached hydrogens (tertiary/aromatic N) is 2. The second-order valence-electron chi connectivity index (χ2n) is 5.38. The van der Waals surface area contributed by atoms with Gasteiger partial charge in [-0.2, -0.15) is 0 Å². The molecule has 0 spiro atoms. The van der Waals surface area contributed by atoms with Crippen molar-refractivity contribution in [3.05, 3.63) is 29.3 Å². The minimum Gasteiger partial charge on any atom is -0.496 e. The van der Waals surface area contributed by atoms with E-state index in [1.807, 2.05) is 12.1 Å². The van der Waals surface area contributed by atoms with Crippen molar-refractivity contribution in [2.24, 2.45) is 5.73 Å². The van der Waals surface area contributed by atoms with E-state index in [-0.39, 0.29) is 0 Å². The van der Waals surface area contributed by atoms with Crippen molar-refractivity contribution in [3.8, 4) is 5.75 Å². The lowest BCUT2D eigenvalue weighted by atomic mass is 10.1. The molecule has 20 heavy (non-hydrogen) atoms. The molecule has 0 saturated heterocycles. The monoisotopic (exact) mass is 279 g/mol. The van der Waals surface area contributed by atoms with Crippen molar-refractivity contribution in [2.75, 3.05) is 40.8 Å². The van der Waals surface area contributed by atoms with Gasteiger partial charge in [-0.05, 0) is 57.8 Å². The number of benzene rings is 1. The summed E-state index contributed by atoms with van der Waals surface area (Å²) in [4.78, 5) is 4.67. The van der Waals surface area contributed by atoms with E-state index in [2.05, 4.69) is 36.9 Å². The van der Waals surface area contributed by atoms with Crippen LogP contribution in [-0.4, -0.2) is 50.6 Å². The van der Waals surface area contributed by atoms with Crippen molar-refractivity contribution in [1.29, 1.82) is 0 Å². The summed E-state index contributed by atoms with van der Waals surface area (Å²) in [6.45, 7) is 6.96. The molecule has 0 aromatic heterocycles. The Labute approximate surface area is 123 Å². The Morgan fingerprint density at radius 2 is 1.95 bits per heavy atom. The van der Waals surface area contributed by atoms with Gasteiger partial charge >= 0.3 is 0 Å². The van der Waals surface area contributed by atoms with Crippen LogP contribution >= 0.6 is 0 Å². The van der Waals surface area contributed by atoms with Crippen molar-refractivity contribution in [1.82, 2.24) is 9.80 Å². The second-order valence-corrected chi connectivity index (χ2v) is 5.38. The van der Waals surface area contributed by atoms with Crippen LogP contribution in [0, 0.1) is 0 Å². The Morgan fingerprint density at radius 1 is 1.20 bits per heavy atom. The van der Waals surface area contributed by atoms with Gasteiger partial charge in [0.2, 0.25) is 0 Å². The summed E-state index contributed by atoms with van der Waals surface area (Å²) in [7, 11) is 5.96. The average Bonchev–Trinajstić information content (AvgIpc) is 2.45. The lowest BCUT2D eigenvalue weighted by Gasteiger charge is -2.23. The lowest BCUT2D eigenvalue weighted by Crippen LogP contribution is -2.27.